The van der Waals surface area contributed by atoms with Crippen LogP contribution in [0.1, 0.15) is 44.6 Å². The third-order valence-corrected chi connectivity index (χ3v) is 8.18. The van der Waals surface area contributed by atoms with E-state index >= 15 is 0 Å². The monoisotopic (exact) mass is 467 g/mol. The molecule has 32 heavy (non-hydrogen) atoms. The van der Waals surface area contributed by atoms with Crippen molar-refractivity contribution in [2.75, 3.05) is 19.3 Å². The maximum absolute atomic E-state index is 13.3. The minimum atomic E-state index is -4.01. The Morgan fingerprint density at radius 3 is 2.53 bits per heavy atom. The second kappa shape index (κ2) is 12.1. The van der Waals surface area contributed by atoms with Gasteiger partial charge in [0.2, 0.25) is 19.2 Å². The smallest absolute Gasteiger partial charge is 0.307 e. The zero-order chi connectivity index (χ0) is 23.7. The van der Waals surface area contributed by atoms with E-state index in [9.17, 15) is 28.9 Å². The Balaban J connectivity index is 2.15. The number of carbonyl (C=O) groups is 3. The van der Waals surface area contributed by atoms with Gasteiger partial charge in [-0.3, -0.25) is 18.9 Å². The molecule has 4 atom stereocenters. The molecule has 0 spiro atoms. The summed E-state index contributed by atoms with van der Waals surface area (Å²) in [6.45, 7) is 2.09. The van der Waals surface area contributed by atoms with Gasteiger partial charge in [-0.2, -0.15) is 0 Å². The fourth-order valence-corrected chi connectivity index (χ4v) is 6.60. The zero-order valence-electron chi connectivity index (χ0n) is 18.5. The van der Waals surface area contributed by atoms with E-state index < -0.39 is 43.1 Å². The predicted octanol–water partition coefficient (Wildman–Crippen LogP) is 1.78. The second-order valence-electron chi connectivity index (χ2n) is 8.36. The van der Waals surface area contributed by atoms with E-state index in [1.807, 2.05) is 6.07 Å². The minimum absolute atomic E-state index is 0.134. The molecule has 1 aliphatic rings. The lowest BCUT2D eigenvalue weighted by atomic mass is 10.0. The van der Waals surface area contributed by atoms with Gasteiger partial charge < -0.3 is 26.0 Å². The number of hydrogen-bond acceptors (Lipinski definition) is 5. The number of nitrogens with one attached hydrogen (secondary N) is 1. The number of carboxylic acid groups (broad SMARTS) is 1. The summed E-state index contributed by atoms with van der Waals surface area (Å²) in [7, 11) is -4.01. The second-order valence-corrected chi connectivity index (χ2v) is 10.8. The van der Waals surface area contributed by atoms with E-state index in [1.165, 1.54) is 11.8 Å². The average molecular weight is 468 g/mol. The highest BCUT2D eigenvalue weighted by atomic mass is 31.2. The van der Waals surface area contributed by atoms with E-state index in [-0.39, 0.29) is 12.3 Å². The Kier molecular flexibility index (Phi) is 9.87. The van der Waals surface area contributed by atoms with Crippen LogP contribution in [-0.2, 0) is 25.4 Å². The minimum Gasteiger partial charge on any atom is -0.481 e. The molecule has 5 N–H and O–H groups in total. The van der Waals surface area contributed by atoms with E-state index in [1.54, 1.807) is 24.3 Å². The first-order valence-corrected chi connectivity index (χ1v) is 12.9. The lowest BCUT2D eigenvalue weighted by Gasteiger charge is -2.32. The van der Waals surface area contributed by atoms with Gasteiger partial charge in [-0.1, -0.05) is 30.3 Å². The van der Waals surface area contributed by atoms with Gasteiger partial charge in [0.05, 0.1) is 5.92 Å². The molecule has 2 rings (SSSR count). The normalized spacial score (nSPS) is 19.7. The molecule has 1 aromatic rings. The number of likely N-dealkylation sites (tertiary alicyclic amines) is 1. The highest BCUT2D eigenvalue weighted by Gasteiger charge is 2.45. The standard InChI is InChI=1S/C22H34N3O6P/c1-16(26)24-19(10-5-6-12-23)21(27)25-13-7-11-20(25)32(30,31)15-18(22(28)29)14-17-8-3-2-4-9-17/h2-4,8-9,18-20H,5-7,10-15,23H2,1H3,(H,24,26)(H,28,29)(H,30,31)/t18-,19+,20+/m1/s1. The quantitative estimate of drug-likeness (QED) is 0.270. The SMILES string of the molecule is CC(=O)N[C@@H](CCCCN)C(=O)N1CCC[C@@H]1P(=O)(O)C[C@@H](Cc1ccccc1)C(=O)O. The number of nitrogens with two attached hydrogens (primary N) is 1. The first-order valence-electron chi connectivity index (χ1n) is 11.0. The van der Waals surface area contributed by atoms with Crippen molar-refractivity contribution < 1.29 is 28.9 Å². The van der Waals surface area contributed by atoms with Gasteiger partial charge in [-0.25, -0.2) is 0 Å². The third kappa shape index (κ3) is 7.43. The van der Waals surface area contributed by atoms with Crippen LogP contribution in [0.2, 0.25) is 0 Å². The first-order chi connectivity index (χ1) is 15.2. The van der Waals surface area contributed by atoms with Gasteiger partial charge in [0, 0.05) is 19.6 Å². The number of unbranched alkanes of at least 4 members (excludes halogenated alkanes) is 1. The molecule has 1 saturated heterocycles. The lowest BCUT2D eigenvalue weighted by molar-refractivity contribution is -0.141. The van der Waals surface area contributed by atoms with Gasteiger partial charge in [0.1, 0.15) is 11.8 Å². The molecule has 0 aliphatic carbocycles. The van der Waals surface area contributed by atoms with Crippen molar-refractivity contribution >= 4 is 25.2 Å². The van der Waals surface area contributed by atoms with E-state index in [0.29, 0.717) is 45.2 Å². The predicted molar refractivity (Wildman–Crippen MR) is 121 cm³/mol. The van der Waals surface area contributed by atoms with Crippen LogP contribution in [0.15, 0.2) is 30.3 Å². The number of hydrogen-bond donors (Lipinski definition) is 4. The number of nitrogens with zero attached hydrogens (tertiary/aromatic N) is 1. The molecule has 1 aliphatic heterocycles. The molecule has 0 bridgehead atoms. The van der Waals surface area contributed by atoms with Crippen molar-refractivity contribution in [1.29, 1.82) is 0 Å². The van der Waals surface area contributed by atoms with Gasteiger partial charge >= 0.3 is 5.97 Å². The van der Waals surface area contributed by atoms with Gasteiger partial charge in [-0.05, 0) is 50.6 Å². The summed E-state index contributed by atoms with van der Waals surface area (Å²) in [4.78, 5) is 48.9. The van der Waals surface area contributed by atoms with E-state index in [2.05, 4.69) is 5.32 Å². The fourth-order valence-electron chi connectivity index (χ4n) is 4.19. The summed E-state index contributed by atoms with van der Waals surface area (Å²) in [5.74, 6) is -3.88. The number of amides is 2. The van der Waals surface area contributed by atoms with Crippen molar-refractivity contribution in [2.24, 2.45) is 11.7 Å². The average Bonchev–Trinajstić information content (AvgIpc) is 3.23. The Morgan fingerprint density at radius 2 is 1.94 bits per heavy atom. The van der Waals surface area contributed by atoms with Gasteiger partial charge in [0.15, 0.2) is 0 Å². The molecule has 0 saturated carbocycles. The number of carbonyl (C=O) groups excluding carboxylic acids is 2. The van der Waals surface area contributed by atoms with Crippen molar-refractivity contribution in [2.45, 2.75) is 57.3 Å². The van der Waals surface area contributed by atoms with Crippen molar-refractivity contribution in [1.82, 2.24) is 10.2 Å². The molecule has 1 aromatic carbocycles. The Labute approximate surface area is 188 Å². The molecular formula is C22H34N3O6P. The highest BCUT2D eigenvalue weighted by molar-refractivity contribution is 7.58. The summed E-state index contributed by atoms with van der Waals surface area (Å²) < 4.78 is 13.3. The van der Waals surface area contributed by atoms with E-state index in [4.69, 9.17) is 5.73 Å². The topological polar surface area (TPSA) is 150 Å². The summed E-state index contributed by atoms with van der Waals surface area (Å²) in [5, 5.41) is 12.3. The molecule has 10 heteroatoms. The van der Waals surface area contributed by atoms with Gasteiger partial charge in [0.25, 0.3) is 0 Å². The van der Waals surface area contributed by atoms with Crippen LogP contribution >= 0.6 is 7.37 Å². The van der Waals surface area contributed by atoms with Crippen molar-refractivity contribution in [3.05, 3.63) is 35.9 Å². The molecule has 0 aromatic heterocycles. The maximum Gasteiger partial charge on any atom is 0.307 e. The summed E-state index contributed by atoms with van der Waals surface area (Å²) in [6, 6.07) is 8.16. The summed E-state index contributed by atoms with van der Waals surface area (Å²) in [5.41, 5.74) is 6.29. The Hall–Kier alpha value is -2.22. The van der Waals surface area contributed by atoms with Crippen LogP contribution < -0.4 is 11.1 Å². The van der Waals surface area contributed by atoms with Crippen molar-refractivity contribution in [3.63, 3.8) is 0 Å². The lowest BCUT2D eigenvalue weighted by Crippen LogP contribution is -2.49. The Bertz CT molecular complexity index is 834. The zero-order valence-corrected chi connectivity index (χ0v) is 19.4. The van der Waals surface area contributed by atoms with Crippen LogP contribution in [-0.4, -0.2) is 63.8 Å². The highest BCUT2D eigenvalue weighted by Crippen LogP contribution is 2.53. The fraction of sp³-hybridized carbons (Fsp3) is 0.591. The van der Waals surface area contributed by atoms with E-state index in [0.717, 1.165) is 5.56 Å². The molecule has 178 valence electrons. The number of rotatable bonds is 12. The number of benzene rings is 1. The largest absolute Gasteiger partial charge is 0.481 e. The molecule has 1 heterocycles. The molecule has 2 amide bonds. The molecule has 1 fully saturated rings. The third-order valence-electron chi connectivity index (χ3n) is 5.75. The van der Waals surface area contributed by atoms with Crippen LogP contribution in [0.25, 0.3) is 0 Å². The molecule has 9 nitrogen and oxygen atoms in total. The van der Waals surface area contributed by atoms with Crippen LogP contribution in [0.4, 0.5) is 0 Å². The van der Waals surface area contributed by atoms with Gasteiger partial charge in [-0.15, -0.1) is 0 Å². The van der Waals surface area contributed by atoms with Crippen LogP contribution in [0.3, 0.4) is 0 Å². The molecule has 0 radical (unpaired) electrons. The summed E-state index contributed by atoms with van der Waals surface area (Å²) >= 11 is 0. The summed E-state index contributed by atoms with van der Waals surface area (Å²) in [6.07, 6.45) is 2.32. The van der Waals surface area contributed by atoms with Crippen molar-refractivity contribution in [3.8, 4) is 0 Å². The number of carboxylic acids is 1. The molecular weight excluding hydrogens is 433 g/mol. The molecule has 1 unspecified atom stereocenters. The van der Waals surface area contributed by atoms with Crippen LogP contribution in [0.5, 0.6) is 0 Å². The first kappa shape index (κ1) is 26.0. The maximum atomic E-state index is 13.3. The van der Waals surface area contributed by atoms with Crippen LogP contribution in [0, 0.1) is 5.92 Å². The Morgan fingerprint density at radius 1 is 1.25 bits per heavy atom. The number of aliphatic carboxylic acids is 1.